The molecule has 1 saturated heterocycles. The Labute approximate surface area is 174 Å². The Morgan fingerprint density at radius 3 is 2.80 bits per heavy atom. The fourth-order valence-corrected chi connectivity index (χ4v) is 4.59. The van der Waals surface area contributed by atoms with E-state index in [-0.39, 0.29) is 24.1 Å². The molecular formula is C21H26FN7O. The molecular weight excluding hydrogens is 385 g/mol. The van der Waals surface area contributed by atoms with Crippen molar-refractivity contribution in [2.24, 2.45) is 5.92 Å². The van der Waals surface area contributed by atoms with Crippen molar-refractivity contribution in [2.45, 2.75) is 51.0 Å². The van der Waals surface area contributed by atoms with Crippen LogP contribution in [0.4, 0.5) is 10.2 Å². The summed E-state index contributed by atoms with van der Waals surface area (Å²) in [5, 5.41) is 11.8. The van der Waals surface area contributed by atoms with Crippen molar-refractivity contribution in [2.75, 3.05) is 11.9 Å². The second-order valence-electron chi connectivity index (χ2n) is 8.36. The van der Waals surface area contributed by atoms with Crippen LogP contribution in [-0.4, -0.2) is 51.0 Å². The Kier molecular flexibility index (Phi) is 5.10. The van der Waals surface area contributed by atoms with Crippen molar-refractivity contribution < 1.29 is 9.13 Å². The van der Waals surface area contributed by atoms with E-state index >= 15 is 0 Å². The third kappa shape index (κ3) is 3.64. The summed E-state index contributed by atoms with van der Waals surface area (Å²) in [6.07, 6.45) is 3.61. The lowest BCUT2D eigenvalue weighted by molar-refractivity contribution is -0.0304. The van der Waals surface area contributed by atoms with E-state index in [1.54, 1.807) is 12.1 Å². The zero-order chi connectivity index (χ0) is 20.7. The molecule has 30 heavy (non-hydrogen) atoms. The first-order chi connectivity index (χ1) is 14.6. The maximum absolute atomic E-state index is 13.4. The molecule has 0 amide bonds. The van der Waals surface area contributed by atoms with Gasteiger partial charge in [-0.15, -0.1) is 0 Å². The lowest BCUT2D eigenvalue weighted by Crippen LogP contribution is -2.49. The van der Waals surface area contributed by atoms with Crippen LogP contribution in [0.5, 0.6) is 0 Å². The van der Waals surface area contributed by atoms with Crippen molar-refractivity contribution in [3.05, 3.63) is 36.4 Å². The first kappa shape index (κ1) is 19.3. The molecule has 1 aromatic carbocycles. The van der Waals surface area contributed by atoms with Gasteiger partial charge in [-0.05, 0) is 56.9 Å². The third-order valence-electron chi connectivity index (χ3n) is 5.97. The van der Waals surface area contributed by atoms with Gasteiger partial charge in [0.05, 0.1) is 29.3 Å². The number of nitrogens with one attached hydrogen (secondary N) is 4. The van der Waals surface area contributed by atoms with Crippen LogP contribution in [-0.2, 0) is 4.74 Å². The van der Waals surface area contributed by atoms with E-state index in [4.69, 9.17) is 4.74 Å². The highest BCUT2D eigenvalue weighted by Crippen LogP contribution is 2.34. The van der Waals surface area contributed by atoms with Crippen LogP contribution in [0.2, 0.25) is 0 Å². The van der Waals surface area contributed by atoms with Gasteiger partial charge in [-0.3, -0.25) is 16.0 Å². The van der Waals surface area contributed by atoms with Gasteiger partial charge in [0, 0.05) is 18.2 Å². The fraction of sp³-hybridized carbons (Fsp3) is 0.476. The topological polar surface area (TPSA) is 99.8 Å². The largest absolute Gasteiger partial charge is 0.373 e. The van der Waals surface area contributed by atoms with Gasteiger partial charge in [0.1, 0.15) is 18.0 Å². The highest BCUT2D eigenvalue weighted by molar-refractivity contribution is 5.98. The molecule has 1 aliphatic carbocycles. The lowest BCUT2D eigenvalue weighted by Gasteiger charge is -2.39. The summed E-state index contributed by atoms with van der Waals surface area (Å²) in [6.45, 7) is 5.08. The number of fused-ring (bicyclic) bond motifs is 2. The summed E-state index contributed by atoms with van der Waals surface area (Å²) in [4.78, 5) is 8.83. The molecule has 0 spiro atoms. The first-order valence-electron chi connectivity index (χ1n) is 10.4. The molecule has 2 aromatic heterocycles. The molecule has 1 saturated carbocycles. The van der Waals surface area contributed by atoms with E-state index in [9.17, 15) is 4.39 Å². The number of anilines is 1. The second kappa shape index (κ2) is 7.90. The summed E-state index contributed by atoms with van der Waals surface area (Å²) >= 11 is 0. The van der Waals surface area contributed by atoms with Crippen LogP contribution in [0, 0.1) is 11.7 Å². The molecule has 4 N–H and O–H groups in total. The van der Waals surface area contributed by atoms with Gasteiger partial charge < -0.3 is 10.1 Å². The predicted molar refractivity (Wildman–Crippen MR) is 112 cm³/mol. The fourth-order valence-electron chi connectivity index (χ4n) is 4.59. The third-order valence-corrected chi connectivity index (χ3v) is 5.97. The molecule has 3 aromatic rings. The number of hydrogen-bond acceptors (Lipinski definition) is 7. The second-order valence-corrected chi connectivity index (χ2v) is 8.36. The number of benzene rings is 1. The maximum atomic E-state index is 13.4. The summed E-state index contributed by atoms with van der Waals surface area (Å²) in [6, 6.07) is 6.86. The molecule has 158 valence electrons. The SMILES string of the molecule is CC(C)OC1CC2NNCC2CC1Nc1ncnc2n[nH]c(-c3ccc(F)cc3)c12. The standard InChI is InChI=1S/C21H26FN7O/c1-11(2)30-17-8-15-13(9-25-27-15)7-16(17)26-20-18-19(12-3-5-14(22)6-4-12)28-29-21(18)24-10-23-20/h3-6,10-11,13,15-17,25,27H,7-9H2,1-2H3,(H2,23,24,26,28,29). The molecule has 2 fully saturated rings. The molecule has 1 aliphatic heterocycles. The molecule has 2 aliphatic rings. The van der Waals surface area contributed by atoms with Gasteiger partial charge in [0.15, 0.2) is 5.65 Å². The number of H-pyrrole nitrogens is 1. The number of nitrogens with zero attached hydrogens (tertiary/aromatic N) is 3. The van der Waals surface area contributed by atoms with Crippen LogP contribution in [0.1, 0.15) is 26.7 Å². The van der Waals surface area contributed by atoms with Crippen molar-refractivity contribution in [3.63, 3.8) is 0 Å². The highest BCUT2D eigenvalue weighted by atomic mass is 19.1. The summed E-state index contributed by atoms with van der Waals surface area (Å²) in [5.41, 5.74) is 8.84. The van der Waals surface area contributed by atoms with E-state index in [0.29, 0.717) is 23.4 Å². The average Bonchev–Trinajstić information content (AvgIpc) is 3.35. The minimum atomic E-state index is -0.276. The Balaban J connectivity index is 1.49. The lowest BCUT2D eigenvalue weighted by atomic mass is 9.80. The van der Waals surface area contributed by atoms with Crippen LogP contribution >= 0.6 is 0 Å². The Bertz CT molecular complexity index is 1020. The molecule has 4 unspecified atom stereocenters. The number of aromatic nitrogens is 4. The van der Waals surface area contributed by atoms with Crippen molar-refractivity contribution in [1.29, 1.82) is 0 Å². The van der Waals surface area contributed by atoms with Crippen LogP contribution in [0.3, 0.4) is 0 Å². The van der Waals surface area contributed by atoms with Crippen molar-refractivity contribution >= 4 is 16.9 Å². The van der Waals surface area contributed by atoms with Crippen LogP contribution in [0.15, 0.2) is 30.6 Å². The number of aromatic amines is 1. The summed E-state index contributed by atoms with van der Waals surface area (Å²) in [7, 11) is 0. The summed E-state index contributed by atoms with van der Waals surface area (Å²) in [5.74, 6) is 0.974. The van der Waals surface area contributed by atoms with Gasteiger partial charge in [0.25, 0.3) is 0 Å². The molecule has 0 radical (unpaired) electrons. The maximum Gasteiger partial charge on any atom is 0.186 e. The molecule has 9 heteroatoms. The molecule has 3 heterocycles. The van der Waals surface area contributed by atoms with Gasteiger partial charge in [-0.2, -0.15) is 5.10 Å². The van der Waals surface area contributed by atoms with Gasteiger partial charge >= 0.3 is 0 Å². The predicted octanol–water partition coefficient (Wildman–Crippen LogP) is 2.62. The van der Waals surface area contributed by atoms with E-state index in [2.05, 4.69) is 50.2 Å². The van der Waals surface area contributed by atoms with E-state index in [0.717, 1.165) is 36.0 Å². The van der Waals surface area contributed by atoms with Gasteiger partial charge in [-0.1, -0.05) is 0 Å². The van der Waals surface area contributed by atoms with Gasteiger partial charge in [0.2, 0.25) is 0 Å². The number of ether oxygens (including phenoxy) is 1. The average molecular weight is 411 g/mol. The van der Waals surface area contributed by atoms with E-state index in [1.165, 1.54) is 18.5 Å². The van der Waals surface area contributed by atoms with Gasteiger partial charge in [-0.25, -0.2) is 14.4 Å². The number of hydrazine groups is 1. The molecule has 0 bridgehead atoms. The zero-order valence-electron chi connectivity index (χ0n) is 17.0. The molecule has 4 atom stereocenters. The quantitative estimate of drug-likeness (QED) is 0.512. The number of halogens is 1. The summed E-state index contributed by atoms with van der Waals surface area (Å²) < 4.78 is 19.7. The zero-order valence-corrected chi connectivity index (χ0v) is 17.0. The normalized spacial score (nSPS) is 26.3. The van der Waals surface area contributed by atoms with Crippen molar-refractivity contribution in [1.82, 2.24) is 31.0 Å². The van der Waals surface area contributed by atoms with E-state index < -0.39 is 0 Å². The molecule has 8 nitrogen and oxygen atoms in total. The Hall–Kier alpha value is -2.62. The molecule has 5 rings (SSSR count). The first-order valence-corrected chi connectivity index (χ1v) is 10.4. The Morgan fingerprint density at radius 2 is 2.00 bits per heavy atom. The van der Waals surface area contributed by atoms with E-state index in [1.807, 2.05) is 0 Å². The Morgan fingerprint density at radius 1 is 1.17 bits per heavy atom. The van der Waals surface area contributed by atoms with Crippen LogP contribution in [0.25, 0.3) is 22.3 Å². The number of hydrogen-bond donors (Lipinski definition) is 4. The highest BCUT2D eigenvalue weighted by Gasteiger charge is 2.40. The monoisotopic (exact) mass is 411 g/mol. The number of rotatable bonds is 5. The minimum absolute atomic E-state index is 0.0600. The minimum Gasteiger partial charge on any atom is -0.373 e. The van der Waals surface area contributed by atoms with Crippen molar-refractivity contribution in [3.8, 4) is 11.3 Å². The van der Waals surface area contributed by atoms with Crippen LogP contribution < -0.4 is 16.2 Å². The smallest absolute Gasteiger partial charge is 0.186 e.